The predicted octanol–water partition coefficient (Wildman–Crippen LogP) is 3.23. The lowest BCUT2D eigenvalue weighted by atomic mass is 9.91. The van der Waals surface area contributed by atoms with Gasteiger partial charge in [0.1, 0.15) is 28.8 Å². The van der Waals surface area contributed by atoms with Gasteiger partial charge in [-0.3, -0.25) is 4.79 Å². The molecule has 0 spiro atoms. The Kier molecular flexibility index (Phi) is 5.68. The van der Waals surface area contributed by atoms with Gasteiger partial charge in [-0.1, -0.05) is 6.08 Å². The number of ether oxygens (including phenoxy) is 3. The fourth-order valence-corrected chi connectivity index (χ4v) is 2.61. The van der Waals surface area contributed by atoms with Crippen LogP contribution in [0, 0.1) is 5.92 Å². The third kappa shape index (κ3) is 4.06. The van der Waals surface area contributed by atoms with Crippen molar-refractivity contribution in [1.82, 2.24) is 0 Å². The van der Waals surface area contributed by atoms with E-state index in [1.54, 1.807) is 51.7 Å². The van der Waals surface area contributed by atoms with E-state index in [9.17, 15) is 9.90 Å². The molecule has 0 radical (unpaired) electrons. The van der Waals surface area contributed by atoms with Crippen LogP contribution in [0.5, 0.6) is 17.2 Å². The van der Waals surface area contributed by atoms with Crippen LogP contribution >= 0.6 is 0 Å². The standard InChI is InChI=1S/C18H22O5/c1-21-14-10-17(22-2)15(18(11-14)23-3)8-9-16(20)12-4-6-13(19)7-5-12/h4,6-7,10-12,19H,5,8-9H2,1-3H3. The lowest BCUT2D eigenvalue weighted by Gasteiger charge is -2.16. The van der Waals surface area contributed by atoms with Crippen molar-refractivity contribution in [3.63, 3.8) is 0 Å². The molecule has 124 valence electrons. The summed E-state index contributed by atoms with van der Waals surface area (Å²) in [6.45, 7) is 0. The van der Waals surface area contributed by atoms with E-state index in [0.29, 0.717) is 36.5 Å². The number of carbonyl (C=O) groups is 1. The summed E-state index contributed by atoms with van der Waals surface area (Å²) in [6, 6.07) is 3.56. The Labute approximate surface area is 136 Å². The van der Waals surface area contributed by atoms with E-state index in [2.05, 4.69) is 0 Å². The van der Waals surface area contributed by atoms with Crippen molar-refractivity contribution in [3.8, 4) is 17.2 Å². The van der Waals surface area contributed by atoms with E-state index >= 15 is 0 Å². The number of methoxy groups -OCH3 is 3. The fraction of sp³-hybridized carbons (Fsp3) is 0.389. The Morgan fingerprint density at radius 1 is 1.17 bits per heavy atom. The molecule has 1 unspecified atom stereocenters. The van der Waals surface area contributed by atoms with Crippen LogP contribution in [0.3, 0.4) is 0 Å². The maximum absolute atomic E-state index is 12.3. The van der Waals surface area contributed by atoms with E-state index in [0.717, 1.165) is 5.56 Å². The predicted molar refractivity (Wildman–Crippen MR) is 87.4 cm³/mol. The van der Waals surface area contributed by atoms with Gasteiger partial charge in [-0.2, -0.15) is 0 Å². The Bertz CT molecular complexity index is 605. The number of aliphatic hydroxyl groups is 1. The van der Waals surface area contributed by atoms with Crippen molar-refractivity contribution >= 4 is 5.78 Å². The van der Waals surface area contributed by atoms with E-state index < -0.39 is 0 Å². The minimum absolute atomic E-state index is 0.130. The van der Waals surface area contributed by atoms with Crippen LogP contribution in [-0.4, -0.2) is 32.2 Å². The summed E-state index contributed by atoms with van der Waals surface area (Å²) >= 11 is 0. The molecular formula is C18H22O5. The molecular weight excluding hydrogens is 296 g/mol. The minimum atomic E-state index is -0.180. The number of hydrogen-bond donors (Lipinski definition) is 1. The summed E-state index contributed by atoms with van der Waals surface area (Å²) in [7, 11) is 4.74. The van der Waals surface area contributed by atoms with Gasteiger partial charge in [0, 0.05) is 30.0 Å². The topological polar surface area (TPSA) is 65.0 Å². The van der Waals surface area contributed by atoms with E-state index in [4.69, 9.17) is 14.2 Å². The molecule has 1 aliphatic carbocycles. The number of allylic oxidation sites excluding steroid dienone is 3. The zero-order chi connectivity index (χ0) is 16.8. The third-order valence-electron chi connectivity index (χ3n) is 3.93. The van der Waals surface area contributed by atoms with Gasteiger partial charge in [0.15, 0.2) is 0 Å². The van der Waals surface area contributed by atoms with Gasteiger partial charge >= 0.3 is 0 Å². The second kappa shape index (κ2) is 7.72. The summed E-state index contributed by atoms with van der Waals surface area (Å²) in [5, 5.41) is 9.32. The molecule has 0 heterocycles. The molecule has 1 aromatic carbocycles. The largest absolute Gasteiger partial charge is 0.508 e. The molecule has 0 aliphatic heterocycles. The molecule has 1 N–H and O–H groups in total. The van der Waals surface area contributed by atoms with E-state index in [-0.39, 0.29) is 17.5 Å². The number of carbonyl (C=O) groups excluding carboxylic acids is 1. The van der Waals surface area contributed by atoms with Crippen LogP contribution in [0.2, 0.25) is 0 Å². The van der Waals surface area contributed by atoms with Crippen molar-refractivity contribution < 1.29 is 24.1 Å². The number of benzene rings is 1. The summed E-state index contributed by atoms with van der Waals surface area (Å²) < 4.78 is 16.0. The van der Waals surface area contributed by atoms with Crippen molar-refractivity contribution in [3.05, 3.63) is 41.7 Å². The van der Waals surface area contributed by atoms with Gasteiger partial charge in [0.2, 0.25) is 0 Å². The van der Waals surface area contributed by atoms with Crippen molar-refractivity contribution in [1.29, 1.82) is 0 Å². The third-order valence-corrected chi connectivity index (χ3v) is 3.93. The normalized spacial score (nSPS) is 16.7. The Hall–Kier alpha value is -2.43. The molecule has 0 bridgehead atoms. The van der Waals surface area contributed by atoms with E-state index in [1.807, 2.05) is 0 Å². The Balaban J connectivity index is 2.10. The first kappa shape index (κ1) is 16.9. The lowest BCUT2D eigenvalue weighted by molar-refractivity contribution is -0.121. The lowest BCUT2D eigenvalue weighted by Crippen LogP contribution is -2.14. The molecule has 0 aromatic heterocycles. The van der Waals surface area contributed by atoms with Crippen LogP contribution in [0.4, 0.5) is 0 Å². The number of ketones is 1. The molecule has 5 nitrogen and oxygen atoms in total. The minimum Gasteiger partial charge on any atom is -0.508 e. The molecule has 1 aliphatic rings. The van der Waals surface area contributed by atoms with Crippen molar-refractivity contribution in [2.45, 2.75) is 19.3 Å². The Morgan fingerprint density at radius 2 is 1.83 bits per heavy atom. The zero-order valence-corrected chi connectivity index (χ0v) is 13.7. The highest BCUT2D eigenvalue weighted by Crippen LogP contribution is 2.35. The second-order valence-corrected chi connectivity index (χ2v) is 5.31. The van der Waals surface area contributed by atoms with Crippen LogP contribution < -0.4 is 14.2 Å². The van der Waals surface area contributed by atoms with Gasteiger partial charge < -0.3 is 19.3 Å². The molecule has 0 amide bonds. The summed E-state index contributed by atoms with van der Waals surface area (Å²) in [5.41, 5.74) is 0.849. The number of rotatable bonds is 7. The maximum Gasteiger partial charge on any atom is 0.140 e. The molecule has 1 aromatic rings. The van der Waals surface area contributed by atoms with Crippen molar-refractivity contribution in [2.75, 3.05) is 21.3 Å². The van der Waals surface area contributed by atoms with Gasteiger partial charge in [0.25, 0.3) is 0 Å². The van der Waals surface area contributed by atoms with Crippen molar-refractivity contribution in [2.24, 2.45) is 5.92 Å². The molecule has 0 saturated heterocycles. The summed E-state index contributed by atoms with van der Waals surface area (Å²) in [6.07, 6.45) is 6.42. The SMILES string of the molecule is COc1cc(OC)c(CCC(=O)C2C=CC(O)=CC2)c(OC)c1. The zero-order valence-electron chi connectivity index (χ0n) is 13.7. The quantitative estimate of drug-likeness (QED) is 0.836. The molecule has 2 rings (SSSR count). The average molecular weight is 318 g/mol. The first-order chi connectivity index (χ1) is 11.1. The van der Waals surface area contributed by atoms with Gasteiger partial charge in [0.05, 0.1) is 21.3 Å². The first-order valence-electron chi connectivity index (χ1n) is 7.48. The fourth-order valence-electron chi connectivity index (χ4n) is 2.61. The number of aliphatic hydroxyl groups excluding tert-OH is 1. The second-order valence-electron chi connectivity index (χ2n) is 5.31. The van der Waals surface area contributed by atoms with Crippen LogP contribution in [0.1, 0.15) is 18.4 Å². The molecule has 1 atom stereocenters. The highest BCUT2D eigenvalue weighted by atomic mass is 16.5. The van der Waals surface area contributed by atoms with Crippen LogP contribution in [0.15, 0.2) is 36.1 Å². The first-order valence-corrected chi connectivity index (χ1v) is 7.48. The van der Waals surface area contributed by atoms with Gasteiger partial charge in [-0.15, -0.1) is 0 Å². The van der Waals surface area contributed by atoms with Gasteiger partial charge in [-0.25, -0.2) is 0 Å². The number of Topliss-reactive ketones (excluding diaryl/α,β-unsaturated/α-hetero) is 1. The summed E-state index contributed by atoms with van der Waals surface area (Å²) in [4.78, 5) is 12.3. The van der Waals surface area contributed by atoms with Crippen LogP contribution in [-0.2, 0) is 11.2 Å². The highest BCUT2D eigenvalue weighted by Gasteiger charge is 2.19. The molecule has 5 heteroatoms. The van der Waals surface area contributed by atoms with Gasteiger partial charge in [-0.05, 0) is 25.0 Å². The average Bonchev–Trinajstić information content (AvgIpc) is 2.59. The monoisotopic (exact) mass is 318 g/mol. The van der Waals surface area contributed by atoms with Crippen LogP contribution in [0.25, 0.3) is 0 Å². The van der Waals surface area contributed by atoms with E-state index in [1.165, 1.54) is 0 Å². The smallest absolute Gasteiger partial charge is 0.140 e. The number of hydrogen-bond acceptors (Lipinski definition) is 5. The maximum atomic E-state index is 12.3. The molecule has 23 heavy (non-hydrogen) atoms. The summed E-state index contributed by atoms with van der Waals surface area (Å²) in [5.74, 6) is 2.10. The molecule has 0 saturated carbocycles. The Morgan fingerprint density at radius 3 is 2.30 bits per heavy atom. The molecule has 0 fully saturated rings. The highest BCUT2D eigenvalue weighted by molar-refractivity contribution is 5.83.